The summed E-state index contributed by atoms with van der Waals surface area (Å²) in [5.74, 6) is -0.849. The number of aryl methyl sites for hydroxylation is 1. The number of amides is 1. The SMILES string of the molecule is Cc1c(C(=O)Nc2ccc(-n3cnnn3)cc2)oc2c(F)cccc12. The van der Waals surface area contributed by atoms with E-state index in [0.29, 0.717) is 16.6 Å². The van der Waals surface area contributed by atoms with Crippen LogP contribution in [0, 0.1) is 12.7 Å². The zero-order chi connectivity index (χ0) is 17.4. The van der Waals surface area contributed by atoms with Crippen LogP contribution < -0.4 is 5.32 Å². The van der Waals surface area contributed by atoms with Crippen LogP contribution in [0.3, 0.4) is 0 Å². The van der Waals surface area contributed by atoms with E-state index in [1.165, 1.54) is 17.1 Å². The van der Waals surface area contributed by atoms with Crippen molar-refractivity contribution in [3.05, 3.63) is 65.9 Å². The van der Waals surface area contributed by atoms with Gasteiger partial charge in [-0.2, -0.15) is 0 Å². The highest BCUT2D eigenvalue weighted by atomic mass is 19.1. The van der Waals surface area contributed by atoms with E-state index >= 15 is 0 Å². The van der Waals surface area contributed by atoms with Crippen LogP contribution in [0.25, 0.3) is 16.7 Å². The van der Waals surface area contributed by atoms with Crippen molar-refractivity contribution < 1.29 is 13.6 Å². The van der Waals surface area contributed by atoms with Gasteiger partial charge in [-0.15, -0.1) is 5.10 Å². The van der Waals surface area contributed by atoms with Crippen molar-refractivity contribution >= 4 is 22.6 Å². The van der Waals surface area contributed by atoms with E-state index in [1.54, 1.807) is 43.3 Å². The number of furan rings is 1. The lowest BCUT2D eigenvalue weighted by atomic mass is 10.1. The van der Waals surface area contributed by atoms with Crippen LogP contribution >= 0.6 is 0 Å². The Morgan fingerprint density at radius 2 is 2.00 bits per heavy atom. The van der Waals surface area contributed by atoms with Gasteiger partial charge in [0, 0.05) is 16.6 Å². The topological polar surface area (TPSA) is 85.8 Å². The number of para-hydroxylation sites is 1. The Hall–Kier alpha value is -3.55. The first kappa shape index (κ1) is 15.0. The second-order valence-corrected chi connectivity index (χ2v) is 5.43. The van der Waals surface area contributed by atoms with Crippen LogP contribution in [0.4, 0.5) is 10.1 Å². The van der Waals surface area contributed by atoms with Gasteiger partial charge in [-0.3, -0.25) is 4.79 Å². The third-order valence-corrected chi connectivity index (χ3v) is 3.86. The number of rotatable bonds is 3. The van der Waals surface area contributed by atoms with Gasteiger partial charge in [-0.05, 0) is 47.7 Å². The van der Waals surface area contributed by atoms with E-state index in [0.717, 1.165) is 5.69 Å². The molecule has 0 saturated heterocycles. The fraction of sp³-hybridized carbons (Fsp3) is 0.0588. The van der Waals surface area contributed by atoms with Gasteiger partial charge in [0.1, 0.15) is 6.33 Å². The molecule has 4 aromatic rings. The Labute approximate surface area is 141 Å². The Morgan fingerprint density at radius 3 is 2.68 bits per heavy atom. The molecule has 124 valence electrons. The Bertz CT molecular complexity index is 1050. The predicted molar refractivity (Wildman–Crippen MR) is 88.0 cm³/mol. The highest BCUT2D eigenvalue weighted by Crippen LogP contribution is 2.27. The number of carbonyl (C=O) groups is 1. The molecule has 0 radical (unpaired) electrons. The number of hydrogen-bond donors (Lipinski definition) is 1. The molecule has 1 amide bonds. The summed E-state index contributed by atoms with van der Waals surface area (Å²) in [5, 5.41) is 14.2. The first-order valence-electron chi connectivity index (χ1n) is 7.46. The molecule has 0 aliphatic heterocycles. The number of hydrogen-bond acceptors (Lipinski definition) is 5. The largest absolute Gasteiger partial charge is 0.448 e. The van der Waals surface area contributed by atoms with Gasteiger partial charge in [-0.1, -0.05) is 12.1 Å². The van der Waals surface area contributed by atoms with Gasteiger partial charge >= 0.3 is 0 Å². The van der Waals surface area contributed by atoms with E-state index < -0.39 is 11.7 Å². The maximum atomic E-state index is 13.8. The van der Waals surface area contributed by atoms with Crippen LogP contribution in [-0.4, -0.2) is 26.1 Å². The minimum atomic E-state index is -0.495. The van der Waals surface area contributed by atoms with Crippen LogP contribution in [0.15, 0.2) is 53.2 Å². The molecular formula is C17H12FN5O2. The summed E-state index contributed by atoms with van der Waals surface area (Å²) in [6.07, 6.45) is 1.47. The van der Waals surface area contributed by atoms with Crippen molar-refractivity contribution in [1.29, 1.82) is 0 Å². The lowest BCUT2D eigenvalue weighted by Gasteiger charge is -2.05. The quantitative estimate of drug-likeness (QED) is 0.621. The molecule has 0 aliphatic carbocycles. The standard InChI is InChI=1S/C17H12FN5O2/c1-10-13-3-2-4-14(18)16(13)25-15(10)17(24)20-11-5-7-12(8-6-11)23-9-19-21-22-23/h2-9H,1H3,(H,20,24). The van der Waals surface area contributed by atoms with Gasteiger partial charge in [0.2, 0.25) is 0 Å². The molecule has 0 atom stereocenters. The normalized spacial score (nSPS) is 11.0. The molecule has 0 spiro atoms. The van der Waals surface area contributed by atoms with Crippen molar-refractivity contribution in [2.24, 2.45) is 0 Å². The molecular weight excluding hydrogens is 325 g/mol. The first-order valence-corrected chi connectivity index (χ1v) is 7.46. The molecule has 8 heteroatoms. The smallest absolute Gasteiger partial charge is 0.291 e. The van der Waals surface area contributed by atoms with E-state index in [2.05, 4.69) is 20.8 Å². The molecule has 1 N–H and O–H groups in total. The molecule has 7 nitrogen and oxygen atoms in total. The van der Waals surface area contributed by atoms with E-state index in [9.17, 15) is 9.18 Å². The zero-order valence-electron chi connectivity index (χ0n) is 13.1. The maximum Gasteiger partial charge on any atom is 0.291 e. The molecule has 2 aromatic heterocycles. The van der Waals surface area contributed by atoms with Crippen molar-refractivity contribution in [2.45, 2.75) is 6.92 Å². The molecule has 2 heterocycles. The molecule has 4 rings (SSSR count). The number of fused-ring (bicyclic) bond motifs is 1. The average molecular weight is 337 g/mol. The number of aromatic nitrogens is 4. The summed E-state index contributed by atoms with van der Waals surface area (Å²) in [4.78, 5) is 12.5. The van der Waals surface area contributed by atoms with Crippen LogP contribution in [0.5, 0.6) is 0 Å². The predicted octanol–water partition coefficient (Wildman–Crippen LogP) is 3.11. The second kappa shape index (κ2) is 5.82. The van der Waals surface area contributed by atoms with Crippen molar-refractivity contribution in [1.82, 2.24) is 20.2 Å². The summed E-state index contributed by atoms with van der Waals surface area (Å²) in [5.41, 5.74) is 2.00. The Morgan fingerprint density at radius 1 is 1.20 bits per heavy atom. The number of tetrazole rings is 1. The van der Waals surface area contributed by atoms with Gasteiger partial charge in [0.05, 0.1) is 5.69 Å². The number of anilines is 1. The lowest BCUT2D eigenvalue weighted by Crippen LogP contribution is -2.12. The maximum absolute atomic E-state index is 13.8. The number of halogens is 1. The van der Waals surface area contributed by atoms with Gasteiger partial charge in [-0.25, -0.2) is 9.07 Å². The molecule has 2 aromatic carbocycles. The van der Waals surface area contributed by atoms with Gasteiger partial charge in [0.25, 0.3) is 5.91 Å². The number of nitrogens with zero attached hydrogens (tertiary/aromatic N) is 4. The zero-order valence-corrected chi connectivity index (χ0v) is 13.1. The highest BCUT2D eigenvalue weighted by molar-refractivity contribution is 6.06. The highest BCUT2D eigenvalue weighted by Gasteiger charge is 2.19. The molecule has 0 unspecified atom stereocenters. The summed E-state index contributed by atoms with van der Waals surface area (Å²) in [7, 11) is 0. The van der Waals surface area contributed by atoms with E-state index in [1.807, 2.05) is 0 Å². The fourth-order valence-electron chi connectivity index (χ4n) is 2.59. The number of nitrogens with one attached hydrogen (secondary N) is 1. The van der Waals surface area contributed by atoms with E-state index in [-0.39, 0.29) is 11.3 Å². The monoisotopic (exact) mass is 337 g/mol. The first-order chi connectivity index (χ1) is 12.1. The minimum absolute atomic E-state index is 0.0826. The van der Waals surface area contributed by atoms with Gasteiger partial charge < -0.3 is 9.73 Å². The Kier molecular flexibility index (Phi) is 3.50. The summed E-state index contributed by atoms with van der Waals surface area (Å²) in [6, 6.07) is 11.6. The fourth-order valence-corrected chi connectivity index (χ4v) is 2.59. The van der Waals surface area contributed by atoms with Crippen LogP contribution in [0.1, 0.15) is 16.1 Å². The minimum Gasteiger partial charge on any atom is -0.448 e. The third kappa shape index (κ3) is 2.63. The van der Waals surface area contributed by atoms with Crippen molar-refractivity contribution in [3.8, 4) is 5.69 Å². The van der Waals surface area contributed by atoms with Crippen molar-refractivity contribution in [2.75, 3.05) is 5.32 Å². The molecule has 0 saturated carbocycles. The molecule has 25 heavy (non-hydrogen) atoms. The summed E-state index contributed by atoms with van der Waals surface area (Å²) < 4.78 is 20.7. The average Bonchev–Trinajstić information content (AvgIpc) is 3.25. The molecule has 0 aliphatic rings. The summed E-state index contributed by atoms with van der Waals surface area (Å²) >= 11 is 0. The lowest BCUT2D eigenvalue weighted by molar-refractivity contribution is 0.0997. The van der Waals surface area contributed by atoms with Crippen LogP contribution in [0.2, 0.25) is 0 Å². The third-order valence-electron chi connectivity index (χ3n) is 3.86. The van der Waals surface area contributed by atoms with Crippen molar-refractivity contribution in [3.63, 3.8) is 0 Å². The summed E-state index contributed by atoms with van der Waals surface area (Å²) in [6.45, 7) is 1.72. The van der Waals surface area contributed by atoms with Crippen LogP contribution in [-0.2, 0) is 0 Å². The molecule has 0 fully saturated rings. The number of benzene rings is 2. The Balaban J connectivity index is 1.60. The molecule has 0 bridgehead atoms. The second-order valence-electron chi connectivity index (χ2n) is 5.43. The number of carbonyl (C=O) groups excluding carboxylic acids is 1. The van der Waals surface area contributed by atoms with E-state index in [4.69, 9.17) is 4.42 Å². The van der Waals surface area contributed by atoms with Gasteiger partial charge in [0.15, 0.2) is 17.2 Å².